The number of hydrogen-bond donors (Lipinski definition) is 0. The SMILES string of the molecule is CCOc1ccc(-c2ccc(SCc3ccc(Br)cc3)nn2)cc1. The van der Waals surface area contributed by atoms with Gasteiger partial charge in [0.15, 0.2) is 0 Å². The molecule has 0 aliphatic heterocycles. The molecule has 0 unspecified atom stereocenters. The molecule has 3 nitrogen and oxygen atoms in total. The Labute approximate surface area is 154 Å². The molecule has 0 bridgehead atoms. The number of rotatable bonds is 6. The van der Waals surface area contributed by atoms with Gasteiger partial charge in [0.1, 0.15) is 10.8 Å². The molecule has 3 aromatic rings. The van der Waals surface area contributed by atoms with Crippen LogP contribution in [0.4, 0.5) is 0 Å². The molecule has 122 valence electrons. The minimum Gasteiger partial charge on any atom is -0.494 e. The molecule has 0 aliphatic carbocycles. The summed E-state index contributed by atoms with van der Waals surface area (Å²) in [7, 11) is 0. The van der Waals surface area contributed by atoms with Crippen molar-refractivity contribution < 1.29 is 4.74 Å². The second kappa shape index (κ2) is 8.31. The average Bonchev–Trinajstić information content (AvgIpc) is 2.63. The Morgan fingerprint density at radius 3 is 2.29 bits per heavy atom. The summed E-state index contributed by atoms with van der Waals surface area (Å²) in [4.78, 5) is 0. The number of hydrogen-bond acceptors (Lipinski definition) is 4. The Hall–Kier alpha value is -1.85. The maximum absolute atomic E-state index is 5.45. The van der Waals surface area contributed by atoms with Crippen LogP contribution in [0, 0.1) is 0 Å². The molecule has 0 radical (unpaired) electrons. The van der Waals surface area contributed by atoms with Crippen molar-refractivity contribution >= 4 is 27.7 Å². The normalized spacial score (nSPS) is 10.6. The Bertz CT molecular complexity index is 774. The van der Waals surface area contributed by atoms with Gasteiger partial charge in [-0.3, -0.25) is 0 Å². The Kier molecular flexibility index (Phi) is 5.88. The van der Waals surface area contributed by atoms with Gasteiger partial charge in [-0.25, -0.2) is 0 Å². The van der Waals surface area contributed by atoms with Crippen LogP contribution in [0.3, 0.4) is 0 Å². The van der Waals surface area contributed by atoms with Gasteiger partial charge in [0.2, 0.25) is 0 Å². The third kappa shape index (κ3) is 4.58. The highest BCUT2D eigenvalue weighted by Gasteiger charge is 2.03. The molecule has 0 aliphatic rings. The second-order valence-corrected chi connectivity index (χ2v) is 7.04. The number of aromatic nitrogens is 2. The third-order valence-electron chi connectivity index (χ3n) is 3.40. The highest BCUT2D eigenvalue weighted by Crippen LogP contribution is 2.24. The number of nitrogens with zero attached hydrogens (tertiary/aromatic N) is 2. The van der Waals surface area contributed by atoms with Gasteiger partial charge in [-0.1, -0.05) is 39.8 Å². The highest BCUT2D eigenvalue weighted by molar-refractivity contribution is 9.10. The van der Waals surface area contributed by atoms with Crippen LogP contribution < -0.4 is 4.74 Å². The third-order valence-corrected chi connectivity index (χ3v) is 4.92. The molecule has 0 atom stereocenters. The van der Waals surface area contributed by atoms with E-state index in [0.29, 0.717) is 6.61 Å². The van der Waals surface area contributed by atoms with Gasteiger partial charge in [0, 0.05) is 15.8 Å². The first kappa shape index (κ1) is 17.0. The van der Waals surface area contributed by atoms with E-state index < -0.39 is 0 Å². The topological polar surface area (TPSA) is 35.0 Å². The summed E-state index contributed by atoms with van der Waals surface area (Å²) in [6.07, 6.45) is 0. The van der Waals surface area contributed by atoms with Gasteiger partial charge in [-0.15, -0.1) is 10.2 Å². The standard InChI is InChI=1S/C19H17BrN2OS/c1-2-23-17-9-5-15(6-10-17)18-11-12-19(22-21-18)24-13-14-3-7-16(20)8-4-14/h3-12H,2,13H2,1H3. The highest BCUT2D eigenvalue weighted by atomic mass is 79.9. The molecule has 1 aromatic heterocycles. The quantitative estimate of drug-likeness (QED) is 0.504. The number of ether oxygens (including phenoxy) is 1. The fraction of sp³-hybridized carbons (Fsp3) is 0.158. The number of halogens is 1. The molecule has 0 spiro atoms. The second-order valence-electron chi connectivity index (χ2n) is 5.13. The van der Waals surface area contributed by atoms with Crippen LogP contribution in [-0.2, 0) is 5.75 Å². The monoisotopic (exact) mass is 400 g/mol. The van der Waals surface area contributed by atoms with Crippen molar-refractivity contribution in [1.29, 1.82) is 0 Å². The maximum atomic E-state index is 5.45. The molecule has 3 rings (SSSR count). The zero-order chi connectivity index (χ0) is 16.8. The summed E-state index contributed by atoms with van der Waals surface area (Å²) in [6, 6.07) is 20.3. The molecule has 24 heavy (non-hydrogen) atoms. The van der Waals surface area contributed by atoms with E-state index in [0.717, 1.165) is 32.3 Å². The van der Waals surface area contributed by atoms with Gasteiger partial charge in [0.05, 0.1) is 12.3 Å². The average molecular weight is 401 g/mol. The van der Waals surface area contributed by atoms with Crippen LogP contribution in [0.2, 0.25) is 0 Å². The molecule has 0 N–H and O–H groups in total. The lowest BCUT2D eigenvalue weighted by Gasteiger charge is -2.05. The predicted molar refractivity (Wildman–Crippen MR) is 102 cm³/mol. The van der Waals surface area contributed by atoms with E-state index in [2.05, 4.69) is 50.4 Å². The fourth-order valence-electron chi connectivity index (χ4n) is 2.18. The van der Waals surface area contributed by atoms with Crippen LogP contribution in [0.15, 0.2) is 70.2 Å². The molecular weight excluding hydrogens is 384 g/mol. The molecule has 0 fully saturated rings. The van der Waals surface area contributed by atoms with Crippen LogP contribution in [0.25, 0.3) is 11.3 Å². The van der Waals surface area contributed by atoms with E-state index in [1.807, 2.05) is 43.3 Å². The first-order valence-corrected chi connectivity index (χ1v) is 9.46. The van der Waals surface area contributed by atoms with Crippen molar-refractivity contribution in [3.05, 3.63) is 70.7 Å². The van der Waals surface area contributed by atoms with Crippen LogP contribution in [-0.4, -0.2) is 16.8 Å². The summed E-state index contributed by atoms with van der Waals surface area (Å²) in [6.45, 7) is 2.65. The van der Waals surface area contributed by atoms with Crippen LogP contribution in [0.1, 0.15) is 12.5 Å². The van der Waals surface area contributed by atoms with E-state index >= 15 is 0 Å². The van der Waals surface area contributed by atoms with E-state index in [1.165, 1.54) is 5.56 Å². The molecular formula is C19H17BrN2OS. The van der Waals surface area contributed by atoms with E-state index in [4.69, 9.17) is 4.74 Å². The lowest BCUT2D eigenvalue weighted by Crippen LogP contribution is -1.92. The van der Waals surface area contributed by atoms with Crippen molar-refractivity contribution in [1.82, 2.24) is 10.2 Å². The number of thioether (sulfide) groups is 1. The zero-order valence-corrected chi connectivity index (χ0v) is 15.7. The Morgan fingerprint density at radius 1 is 0.917 bits per heavy atom. The minimum atomic E-state index is 0.670. The maximum Gasteiger partial charge on any atom is 0.119 e. The van der Waals surface area contributed by atoms with Gasteiger partial charge in [-0.05, 0) is 61.0 Å². The largest absolute Gasteiger partial charge is 0.494 e. The van der Waals surface area contributed by atoms with Crippen molar-refractivity contribution in [2.45, 2.75) is 17.7 Å². The van der Waals surface area contributed by atoms with Gasteiger partial charge in [0.25, 0.3) is 0 Å². The van der Waals surface area contributed by atoms with E-state index in [9.17, 15) is 0 Å². The van der Waals surface area contributed by atoms with Crippen LogP contribution in [0.5, 0.6) is 5.75 Å². The molecule has 0 saturated heterocycles. The smallest absolute Gasteiger partial charge is 0.119 e. The summed E-state index contributed by atoms with van der Waals surface area (Å²) in [5.74, 6) is 1.75. The first-order valence-electron chi connectivity index (χ1n) is 7.69. The van der Waals surface area contributed by atoms with E-state index in [1.54, 1.807) is 11.8 Å². The molecule has 0 amide bonds. The van der Waals surface area contributed by atoms with Crippen LogP contribution >= 0.6 is 27.7 Å². The fourth-order valence-corrected chi connectivity index (χ4v) is 3.21. The minimum absolute atomic E-state index is 0.670. The summed E-state index contributed by atoms with van der Waals surface area (Å²) in [5, 5.41) is 9.57. The van der Waals surface area contributed by atoms with E-state index in [-0.39, 0.29) is 0 Å². The predicted octanol–water partition coefficient (Wildman–Crippen LogP) is 5.60. The van der Waals surface area contributed by atoms with Gasteiger partial charge < -0.3 is 4.74 Å². The molecule has 1 heterocycles. The molecule has 2 aromatic carbocycles. The molecule has 5 heteroatoms. The number of benzene rings is 2. The first-order chi connectivity index (χ1) is 11.7. The lowest BCUT2D eigenvalue weighted by atomic mass is 10.1. The van der Waals surface area contributed by atoms with Crippen molar-refractivity contribution in [3.8, 4) is 17.0 Å². The van der Waals surface area contributed by atoms with Crippen molar-refractivity contribution in [2.75, 3.05) is 6.61 Å². The Balaban J connectivity index is 1.63. The molecule has 0 saturated carbocycles. The summed E-state index contributed by atoms with van der Waals surface area (Å²) < 4.78 is 6.55. The van der Waals surface area contributed by atoms with Gasteiger partial charge in [-0.2, -0.15) is 0 Å². The Morgan fingerprint density at radius 2 is 1.67 bits per heavy atom. The van der Waals surface area contributed by atoms with Gasteiger partial charge >= 0.3 is 0 Å². The summed E-state index contributed by atoms with van der Waals surface area (Å²) >= 11 is 5.13. The lowest BCUT2D eigenvalue weighted by molar-refractivity contribution is 0.340. The van der Waals surface area contributed by atoms with Crippen molar-refractivity contribution in [2.24, 2.45) is 0 Å². The summed E-state index contributed by atoms with van der Waals surface area (Å²) in [5.41, 5.74) is 3.17. The van der Waals surface area contributed by atoms with Crippen molar-refractivity contribution in [3.63, 3.8) is 0 Å². The zero-order valence-electron chi connectivity index (χ0n) is 13.3.